The zero-order chi connectivity index (χ0) is 12.0. The van der Waals surface area contributed by atoms with Gasteiger partial charge in [-0.3, -0.25) is 0 Å². The molecule has 2 rings (SSSR count). The van der Waals surface area contributed by atoms with Gasteiger partial charge in [-0.05, 0) is 0 Å². The van der Waals surface area contributed by atoms with Gasteiger partial charge < -0.3 is 10.2 Å². The Morgan fingerprint density at radius 3 is 1.41 bits per heavy atom. The normalized spacial score (nSPS) is 8.47. The molecule has 0 unspecified atom stereocenters. The van der Waals surface area contributed by atoms with Crippen molar-refractivity contribution in [2.75, 3.05) is 0 Å². The number of nitrogens with zero attached hydrogens (tertiary/aromatic N) is 4. The van der Waals surface area contributed by atoms with Crippen LogP contribution in [0.1, 0.15) is 21.0 Å². The van der Waals surface area contributed by atoms with Crippen molar-refractivity contribution in [3.8, 4) is 0 Å². The second-order valence-corrected chi connectivity index (χ2v) is 2.32. The van der Waals surface area contributed by atoms with Crippen molar-refractivity contribution in [2.45, 2.75) is 0 Å². The average Bonchev–Trinajstić information content (AvgIpc) is 2.93. The topological polar surface area (TPSA) is 158 Å². The number of H-pyrrole nitrogens is 2. The van der Waals surface area contributed by atoms with E-state index in [9.17, 15) is 9.59 Å². The van der Waals surface area contributed by atoms with E-state index in [4.69, 9.17) is 10.2 Å². The van der Waals surface area contributed by atoms with Crippen molar-refractivity contribution in [1.29, 1.82) is 0 Å². The van der Waals surface area contributed by atoms with E-state index in [1.807, 2.05) is 0 Å². The summed E-state index contributed by atoms with van der Waals surface area (Å²) in [4.78, 5) is 19.9. The van der Waals surface area contributed by atoms with E-state index in [-0.39, 0.29) is 30.9 Å². The molecule has 0 fully saturated rings. The molecule has 0 radical (unpaired) electrons. The number of aromatic carboxylic acids is 2. The van der Waals surface area contributed by atoms with E-state index in [0.29, 0.717) is 0 Å². The minimum absolute atomic E-state index is 0. The Labute approximate surface area is 106 Å². The van der Waals surface area contributed by atoms with Gasteiger partial charge >= 0.3 is 11.9 Å². The van der Waals surface area contributed by atoms with Crippen LogP contribution in [0, 0.1) is 0 Å². The molecule has 2 aromatic rings. The molecular formula is C6H6N6O4Zn. The first-order valence-corrected chi connectivity index (χ1v) is 3.79. The molecule has 0 aromatic carbocycles. The maximum absolute atomic E-state index is 9.94. The third-order valence-corrected chi connectivity index (χ3v) is 1.27. The summed E-state index contributed by atoms with van der Waals surface area (Å²) < 4.78 is 0. The van der Waals surface area contributed by atoms with Crippen LogP contribution in [-0.2, 0) is 19.5 Å². The molecule has 17 heavy (non-hydrogen) atoms. The summed E-state index contributed by atoms with van der Waals surface area (Å²) in [5.74, 6) is -2.14. The van der Waals surface area contributed by atoms with Gasteiger partial charge in [-0.1, -0.05) is 0 Å². The largest absolute Gasteiger partial charge is 0.476 e. The van der Waals surface area contributed by atoms with Crippen LogP contribution in [0.15, 0.2) is 12.4 Å². The first-order valence-electron chi connectivity index (χ1n) is 3.79. The molecule has 4 N–H and O–H groups in total. The molecule has 0 saturated heterocycles. The van der Waals surface area contributed by atoms with Gasteiger partial charge in [0.1, 0.15) is 0 Å². The fourth-order valence-electron chi connectivity index (χ4n) is 0.609. The molecule has 0 aliphatic rings. The van der Waals surface area contributed by atoms with E-state index in [1.165, 1.54) is 0 Å². The monoisotopic (exact) mass is 290 g/mol. The molecule has 11 heteroatoms. The quantitative estimate of drug-likeness (QED) is 0.513. The van der Waals surface area contributed by atoms with Gasteiger partial charge in [0, 0.05) is 19.5 Å². The molecular weight excluding hydrogens is 285 g/mol. The summed E-state index contributed by atoms with van der Waals surface area (Å²) in [6.07, 6.45) is 2.28. The predicted molar refractivity (Wildman–Crippen MR) is 46.7 cm³/mol. The van der Waals surface area contributed by atoms with Crippen molar-refractivity contribution in [3.05, 3.63) is 23.8 Å². The Balaban J connectivity index is 0.000000284. The van der Waals surface area contributed by atoms with Crippen LogP contribution in [0.4, 0.5) is 0 Å². The summed E-state index contributed by atoms with van der Waals surface area (Å²) in [5, 5.41) is 33.8. The standard InChI is InChI=1S/2C3H3N3O2.Zn/c2*7-3(8)2-1-4-6-5-2;/h2*1H,(H,7,8)(H,4,5,6);. The number of hydrogen-bond donors (Lipinski definition) is 4. The van der Waals surface area contributed by atoms with Gasteiger partial charge in [-0.15, -0.1) is 10.2 Å². The molecule has 0 bridgehead atoms. The van der Waals surface area contributed by atoms with E-state index >= 15 is 0 Å². The van der Waals surface area contributed by atoms with Crippen LogP contribution in [-0.4, -0.2) is 53.0 Å². The summed E-state index contributed by atoms with van der Waals surface area (Å²) in [6.45, 7) is 0. The summed E-state index contributed by atoms with van der Waals surface area (Å²) >= 11 is 0. The maximum Gasteiger partial charge on any atom is 0.358 e. The summed E-state index contributed by atoms with van der Waals surface area (Å²) in [7, 11) is 0. The van der Waals surface area contributed by atoms with E-state index in [1.54, 1.807) is 0 Å². The average molecular weight is 292 g/mol. The van der Waals surface area contributed by atoms with Crippen LogP contribution < -0.4 is 0 Å². The van der Waals surface area contributed by atoms with Crippen molar-refractivity contribution in [1.82, 2.24) is 30.8 Å². The number of rotatable bonds is 2. The predicted octanol–water partition coefficient (Wildman–Crippen LogP) is -0.997. The number of aromatic nitrogens is 6. The number of aromatic amines is 2. The smallest absolute Gasteiger partial charge is 0.358 e. The van der Waals surface area contributed by atoms with E-state index in [2.05, 4.69) is 30.8 Å². The molecule has 2 aromatic heterocycles. The van der Waals surface area contributed by atoms with Crippen LogP contribution in [0.5, 0.6) is 0 Å². The van der Waals surface area contributed by atoms with Crippen molar-refractivity contribution < 1.29 is 39.3 Å². The number of carboxylic acids is 2. The Bertz CT molecular complexity index is 411. The molecule has 0 atom stereocenters. The minimum Gasteiger partial charge on any atom is -0.476 e. The molecule has 0 aliphatic carbocycles. The van der Waals surface area contributed by atoms with Crippen LogP contribution in [0.3, 0.4) is 0 Å². The van der Waals surface area contributed by atoms with Crippen molar-refractivity contribution in [3.63, 3.8) is 0 Å². The molecule has 10 nitrogen and oxygen atoms in total. The van der Waals surface area contributed by atoms with Gasteiger partial charge in [0.25, 0.3) is 0 Å². The van der Waals surface area contributed by atoms with E-state index in [0.717, 1.165) is 12.4 Å². The Hall–Kier alpha value is -2.16. The molecule has 2 heterocycles. The zero-order valence-corrected chi connectivity index (χ0v) is 11.3. The maximum atomic E-state index is 9.94. The zero-order valence-electron chi connectivity index (χ0n) is 8.36. The fraction of sp³-hybridized carbons (Fsp3) is 0. The fourth-order valence-corrected chi connectivity index (χ4v) is 0.609. The van der Waals surface area contributed by atoms with Gasteiger partial charge in [0.15, 0.2) is 11.4 Å². The van der Waals surface area contributed by atoms with Crippen LogP contribution >= 0.6 is 0 Å². The first-order chi connectivity index (χ1) is 7.61. The number of carboxylic acid groups (broad SMARTS) is 2. The molecule has 0 saturated carbocycles. The first kappa shape index (κ1) is 14.8. The number of carbonyl (C=O) groups is 2. The van der Waals surface area contributed by atoms with Gasteiger partial charge in [0.2, 0.25) is 0 Å². The third kappa shape index (κ3) is 4.93. The van der Waals surface area contributed by atoms with Gasteiger partial charge in [-0.25, -0.2) is 9.59 Å². The van der Waals surface area contributed by atoms with Crippen LogP contribution in [0.25, 0.3) is 0 Å². The SMILES string of the molecule is O=C(O)c1cn[nH]n1.O=C(O)c1cn[nH]n1.[Zn]. The number of hydrogen-bond acceptors (Lipinski definition) is 6. The van der Waals surface area contributed by atoms with Crippen molar-refractivity contribution >= 4 is 11.9 Å². The summed E-state index contributed by atoms with van der Waals surface area (Å²) in [5.41, 5.74) is -0.130. The Morgan fingerprint density at radius 2 is 1.29 bits per heavy atom. The molecule has 0 spiro atoms. The van der Waals surface area contributed by atoms with Gasteiger partial charge in [0.05, 0.1) is 12.4 Å². The van der Waals surface area contributed by atoms with Crippen LogP contribution in [0.2, 0.25) is 0 Å². The minimum atomic E-state index is -1.07. The second kappa shape index (κ2) is 7.17. The molecule has 86 valence electrons. The van der Waals surface area contributed by atoms with Gasteiger partial charge in [-0.2, -0.15) is 20.6 Å². The summed E-state index contributed by atoms with van der Waals surface area (Å²) in [6, 6.07) is 0. The molecule has 0 amide bonds. The van der Waals surface area contributed by atoms with Crippen molar-refractivity contribution in [2.24, 2.45) is 0 Å². The second-order valence-electron chi connectivity index (χ2n) is 2.32. The molecule has 0 aliphatic heterocycles. The Morgan fingerprint density at radius 1 is 0.941 bits per heavy atom. The van der Waals surface area contributed by atoms with E-state index < -0.39 is 11.9 Å². The Kier molecular flexibility index (Phi) is 6.26. The number of nitrogens with one attached hydrogen (secondary N) is 2. The third-order valence-electron chi connectivity index (χ3n) is 1.27.